The van der Waals surface area contributed by atoms with Crippen molar-refractivity contribution in [1.82, 2.24) is 14.8 Å². The maximum Gasteiger partial charge on any atom is 0.416 e. The maximum absolute atomic E-state index is 13.2. The first-order chi connectivity index (χ1) is 17.7. The molecule has 8 heteroatoms. The third-order valence-corrected chi connectivity index (χ3v) is 6.62. The van der Waals surface area contributed by atoms with Crippen molar-refractivity contribution in [2.45, 2.75) is 25.9 Å². The Labute approximate surface area is 214 Å². The molecular weight excluding hydrogens is 475 g/mol. The number of nitrogens with zero attached hydrogens (tertiary/aromatic N) is 4. The third kappa shape index (κ3) is 5.38. The number of benzene rings is 2. The Bertz CT molecular complexity index is 1450. The second-order valence-corrected chi connectivity index (χ2v) is 9.41. The SMILES string of the molecule is C=C(Nc1ccc(C)c(-c2cc(-c3cnn(C)c3)nc(N3CCCC3)c2)c1)c1cccc(C(F)(F)F)c1. The van der Waals surface area contributed by atoms with Crippen molar-refractivity contribution < 1.29 is 13.2 Å². The summed E-state index contributed by atoms with van der Waals surface area (Å²) >= 11 is 0. The van der Waals surface area contributed by atoms with Crippen LogP contribution in [-0.4, -0.2) is 27.9 Å². The highest BCUT2D eigenvalue weighted by Crippen LogP contribution is 2.35. The second kappa shape index (κ2) is 9.76. The summed E-state index contributed by atoms with van der Waals surface area (Å²) in [6.07, 6.45) is 1.63. The minimum atomic E-state index is -4.41. The zero-order chi connectivity index (χ0) is 26.2. The van der Waals surface area contributed by atoms with Crippen LogP contribution in [0.25, 0.3) is 28.1 Å². The summed E-state index contributed by atoms with van der Waals surface area (Å²) in [6.45, 7) is 7.97. The Morgan fingerprint density at radius 1 is 1.00 bits per heavy atom. The number of hydrogen-bond donors (Lipinski definition) is 1. The van der Waals surface area contributed by atoms with Crippen LogP contribution in [0.4, 0.5) is 24.7 Å². The molecule has 0 atom stereocenters. The molecule has 1 N–H and O–H groups in total. The highest BCUT2D eigenvalue weighted by atomic mass is 19.4. The standard InChI is InChI=1S/C29H28F3N5/c1-19-9-10-25(34-20(2)21-7-6-8-24(13-21)29(30,31)32)16-26(19)22-14-27(23-17-33-36(3)18-23)35-28(15-22)37-11-4-5-12-37/h6-10,13-18,34H,2,4-5,11-12H2,1,3H3. The molecule has 0 amide bonds. The average molecular weight is 504 g/mol. The molecule has 0 unspecified atom stereocenters. The summed E-state index contributed by atoms with van der Waals surface area (Å²) < 4.78 is 41.3. The molecule has 0 aliphatic carbocycles. The Morgan fingerprint density at radius 3 is 2.49 bits per heavy atom. The molecule has 0 radical (unpaired) electrons. The van der Waals surface area contributed by atoms with Gasteiger partial charge in [-0.15, -0.1) is 0 Å². The Hall–Kier alpha value is -4.07. The Balaban J connectivity index is 1.50. The van der Waals surface area contributed by atoms with Gasteiger partial charge in [0.15, 0.2) is 0 Å². The quantitative estimate of drug-likeness (QED) is 0.303. The van der Waals surface area contributed by atoms with Crippen LogP contribution in [-0.2, 0) is 13.2 Å². The van der Waals surface area contributed by atoms with Crippen molar-refractivity contribution in [1.29, 1.82) is 0 Å². The average Bonchev–Trinajstić information content (AvgIpc) is 3.57. The van der Waals surface area contributed by atoms with Crippen molar-refractivity contribution in [2.24, 2.45) is 7.05 Å². The zero-order valence-electron chi connectivity index (χ0n) is 20.8. The van der Waals surface area contributed by atoms with Gasteiger partial charge in [0.05, 0.1) is 17.5 Å². The van der Waals surface area contributed by atoms with Gasteiger partial charge < -0.3 is 10.2 Å². The minimum Gasteiger partial charge on any atom is -0.357 e. The number of aryl methyl sites for hydroxylation is 2. The van der Waals surface area contributed by atoms with Crippen LogP contribution in [0.3, 0.4) is 0 Å². The van der Waals surface area contributed by atoms with Crippen molar-refractivity contribution in [3.8, 4) is 22.4 Å². The van der Waals surface area contributed by atoms with Gasteiger partial charge in [-0.2, -0.15) is 18.3 Å². The first-order valence-electron chi connectivity index (χ1n) is 12.2. The summed E-state index contributed by atoms with van der Waals surface area (Å²) in [5.41, 5.74) is 5.70. The first-order valence-corrected chi connectivity index (χ1v) is 12.2. The second-order valence-electron chi connectivity index (χ2n) is 9.41. The van der Waals surface area contributed by atoms with Gasteiger partial charge in [0, 0.05) is 43.3 Å². The molecule has 1 aliphatic heterocycles. The lowest BCUT2D eigenvalue weighted by atomic mass is 9.98. The normalized spacial score (nSPS) is 13.7. The first kappa shape index (κ1) is 24.6. The fourth-order valence-corrected chi connectivity index (χ4v) is 4.62. The molecular formula is C29H28F3N5. The Kier molecular flexibility index (Phi) is 6.50. The molecule has 3 heterocycles. The van der Waals surface area contributed by atoms with Gasteiger partial charge in [-0.25, -0.2) is 4.98 Å². The molecule has 2 aromatic carbocycles. The van der Waals surface area contributed by atoms with Crippen LogP contribution in [0, 0.1) is 6.92 Å². The number of pyridine rings is 1. The van der Waals surface area contributed by atoms with Crippen molar-refractivity contribution >= 4 is 17.2 Å². The van der Waals surface area contributed by atoms with E-state index in [1.807, 2.05) is 44.6 Å². The van der Waals surface area contributed by atoms with E-state index in [1.165, 1.54) is 6.07 Å². The number of rotatable bonds is 6. The molecule has 1 saturated heterocycles. The number of aromatic nitrogens is 3. The van der Waals surface area contributed by atoms with Gasteiger partial charge in [0.2, 0.25) is 0 Å². The van der Waals surface area contributed by atoms with Crippen molar-refractivity contribution in [3.05, 3.63) is 90.3 Å². The summed E-state index contributed by atoms with van der Waals surface area (Å²) in [7, 11) is 1.88. The molecule has 5 rings (SSSR count). The van der Waals surface area contributed by atoms with E-state index in [9.17, 15) is 13.2 Å². The molecule has 5 nitrogen and oxygen atoms in total. The van der Waals surface area contributed by atoms with E-state index in [1.54, 1.807) is 10.7 Å². The molecule has 4 aromatic rings. The van der Waals surface area contributed by atoms with Gasteiger partial charge in [0.1, 0.15) is 5.82 Å². The fraction of sp³-hybridized carbons (Fsp3) is 0.241. The lowest BCUT2D eigenvalue weighted by molar-refractivity contribution is -0.137. The summed E-state index contributed by atoms with van der Waals surface area (Å²) in [4.78, 5) is 7.25. The van der Waals surface area contributed by atoms with Gasteiger partial charge >= 0.3 is 6.18 Å². The predicted molar refractivity (Wildman–Crippen MR) is 142 cm³/mol. The van der Waals surface area contributed by atoms with Crippen LogP contribution in [0.5, 0.6) is 0 Å². The fourth-order valence-electron chi connectivity index (χ4n) is 4.62. The molecule has 0 spiro atoms. The van der Waals surface area contributed by atoms with Crippen LogP contribution in [0.15, 0.2) is 73.6 Å². The number of anilines is 2. The van der Waals surface area contributed by atoms with E-state index in [4.69, 9.17) is 4.98 Å². The van der Waals surface area contributed by atoms with Crippen LogP contribution >= 0.6 is 0 Å². The monoisotopic (exact) mass is 503 g/mol. The molecule has 0 saturated carbocycles. The van der Waals surface area contributed by atoms with Crippen molar-refractivity contribution in [2.75, 3.05) is 23.3 Å². The maximum atomic E-state index is 13.2. The third-order valence-electron chi connectivity index (χ3n) is 6.62. The van der Waals surface area contributed by atoms with E-state index in [0.29, 0.717) is 11.3 Å². The number of nitrogens with one attached hydrogen (secondary N) is 1. The molecule has 190 valence electrons. The molecule has 37 heavy (non-hydrogen) atoms. The summed E-state index contributed by atoms with van der Waals surface area (Å²) in [5, 5.41) is 7.50. The molecule has 1 fully saturated rings. The number of halogens is 3. The van der Waals surface area contributed by atoms with Crippen LogP contribution in [0.2, 0.25) is 0 Å². The van der Waals surface area contributed by atoms with Crippen LogP contribution < -0.4 is 10.2 Å². The highest BCUT2D eigenvalue weighted by Gasteiger charge is 2.30. The topological polar surface area (TPSA) is 46.0 Å². The van der Waals surface area contributed by atoms with Crippen LogP contribution in [0.1, 0.15) is 29.5 Å². The van der Waals surface area contributed by atoms with E-state index >= 15 is 0 Å². The van der Waals surface area contributed by atoms with Gasteiger partial charge in [0.25, 0.3) is 0 Å². The van der Waals surface area contributed by atoms with E-state index in [0.717, 1.165) is 77.5 Å². The predicted octanol–water partition coefficient (Wildman–Crippen LogP) is 7.16. The summed E-state index contributed by atoms with van der Waals surface area (Å²) in [6, 6.07) is 15.2. The molecule has 1 aliphatic rings. The largest absolute Gasteiger partial charge is 0.416 e. The smallest absolute Gasteiger partial charge is 0.357 e. The lowest BCUT2D eigenvalue weighted by Crippen LogP contribution is -2.19. The van der Waals surface area contributed by atoms with Gasteiger partial charge in [-0.05, 0) is 78.4 Å². The van der Waals surface area contributed by atoms with Gasteiger partial charge in [-0.1, -0.05) is 24.8 Å². The highest BCUT2D eigenvalue weighted by molar-refractivity contribution is 5.81. The number of hydrogen-bond acceptors (Lipinski definition) is 4. The molecule has 0 bridgehead atoms. The summed E-state index contributed by atoms with van der Waals surface area (Å²) in [5.74, 6) is 0.931. The van der Waals surface area contributed by atoms with E-state index in [-0.39, 0.29) is 0 Å². The zero-order valence-corrected chi connectivity index (χ0v) is 20.8. The van der Waals surface area contributed by atoms with E-state index in [2.05, 4.69) is 34.0 Å². The van der Waals surface area contributed by atoms with Gasteiger partial charge in [-0.3, -0.25) is 4.68 Å². The number of alkyl halides is 3. The lowest BCUT2D eigenvalue weighted by Gasteiger charge is -2.20. The van der Waals surface area contributed by atoms with Crippen molar-refractivity contribution in [3.63, 3.8) is 0 Å². The Morgan fingerprint density at radius 2 is 1.78 bits per heavy atom. The minimum absolute atomic E-state index is 0.385. The van der Waals surface area contributed by atoms with E-state index < -0.39 is 11.7 Å². The molecule has 2 aromatic heterocycles.